The molecule has 1 amide bonds. The van der Waals surface area contributed by atoms with Gasteiger partial charge in [0.05, 0.1) is 5.69 Å². The molecule has 0 saturated heterocycles. The van der Waals surface area contributed by atoms with Gasteiger partial charge in [-0.15, -0.1) is 0 Å². The molecule has 1 aromatic carbocycles. The van der Waals surface area contributed by atoms with Gasteiger partial charge in [-0.2, -0.15) is 0 Å². The van der Waals surface area contributed by atoms with Gasteiger partial charge >= 0.3 is 0 Å². The van der Waals surface area contributed by atoms with Crippen LogP contribution in [0.3, 0.4) is 0 Å². The molecule has 4 heteroatoms. The van der Waals surface area contributed by atoms with Crippen LogP contribution in [0, 0.1) is 5.92 Å². The number of carbonyl (C=O) groups excluding carboxylic acids is 1. The zero-order valence-electron chi connectivity index (χ0n) is 13.6. The summed E-state index contributed by atoms with van der Waals surface area (Å²) >= 11 is 0. The quantitative estimate of drug-likeness (QED) is 0.909. The molecular formula is C17H25N3O. The molecule has 1 unspecified atom stereocenters. The lowest BCUT2D eigenvalue weighted by Crippen LogP contribution is -2.44. The van der Waals surface area contributed by atoms with Crippen molar-refractivity contribution in [3.05, 3.63) is 29.3 Å². The van der Waals surface area contributed by atoms with E-state index in [2.05, 4.69) is 51.7 Å². The molecule has 0 fully saturated rings. The maximum absolute atomic E-state index is 12.5. The lowest BCUT2D eigenvalue weighted by molar-refractivity contribution is -0.119. The molecule has 2 rings (SSSR count). The summed E-state index contributed by atoms with van der Waals surface area (Å²) in [7, 11) is 0. The Balaban J connectivity index is 2.55. The molecule has 21 heavy (non-hydrogen) atoms. The van der Waals surface area contributed by atoms with Crippen LogP contribution in [0.4, 0.5) is 5.69 Å². The van der Waals surface area contributed by atoms with Crippen molar-refractivity contribution in [3.8, 4) is 0 Å². The van der Waals surface area contributed by atoms with Gasteiger partial charge in [0.15, 0.2) is 6.17 Å². The highest BCUT2D eigenvalue weighted by molar-refractivity contribution is 6.05. The fourth-order valence-electron chi connectivity index (χ4n) is 2.41. The Hall–Kier alpha value is -1.68. The number of rotatable bonds is 2. The fraction of sp³-hybridized carbons (Fsp3) is 0.529. The maximum atomic E-state index is 12.5. The zero-order chi connectivity index (χ0) is 15.8. The number of benzodiazepines with no additional fused rings is 1. The number of anilines is 1. The largest absolute Gasteiger partial charge is 0.308 e. The zero-order valence-corrected chi connectivity index (χ0v) is 13.6. The minimum absolute atomic E-state index is 0.0349. The second-order valence-electron chi connectivity index (χ2n) is 7.09. The van der Waals surface area contributed by atoms with Crippen LogP contribution in [0.15, 0.2) is 23.2 Å². The molecular weight excluding hydrogens is 262 g/mol. The Morgan fingerprint density at radius 2 is 2.00 bits per heavy atom. The summed E-state index contributed by atoms with van der Waals surface area (Å²) in [5.41, 5.74) is 8.96. The van der Waals surface area contributed by atoms with E-state index in [0.29, 0.717) is 12.5 Å². The second-order valence-corrected chi connectivity index (χ2v) is 7.09. The van der Waals surface area contributed by atoms with Crippen molar-refractivity contribution in [1.82, 2.24) is 0 Å². The van der Waals surface area contributed by atoms with Gasteiger partial charge in [-0.3, -0.25) is 9.79 Å². The first-order chi connectivity index (χ1) is 9.70. The highest BCUT2D eigenvalue weighted by atomic mass is 16.2. The number of carbonyl (C=O) groups is 1. The number of hydrogen-bond acceptors (Lipinski definition) is 3. The number of benzene rings is 1. The van der Waals surface area contributed by atoms with E-state index in [4.69, 9.17) is 5.73 Å². The summed E-state index contributed by atoms with van der Waals surface area (Å²) in [5.74, 6) is 0.232. The number of hydrogen-bond donors (Lipinski definition) is 1. The van der Waals surface area contributed by atoms with Crippen LogP contribution in [-0.4, -0.2) is 24.8 Å². The van der Waals surface area contributed by atoms with Gasteiger partial charge in [0.1, 0.15) is 0 Å². The van der Waals surface area contributed by atoms with Crippen molar-refractivity contribution < 1.29 is 4.79 Å². The molecule has 1 heterocycles. The van der Waals surface area contributed by atoms with Crippen LogP contribution in [-0.2, 0) is 10.2 Å². The molecule has 2 N–H and O–H groups in total. The van der Waals surface area contributed by atoms with E-state index in [9.17, 15) is 4.79 Å². The van der Waals surface area contributed by atoms with Gasteiger partial charge in [0.25, 0.3) is 5.91 Å². The molecule has 0 saturated carbocycles. The third-order valence-electron chi connectivity index (χ3n) is 3.63. The van der Waals surface area contributed by atoms with Crippen LogP contribution in [0.5, 0.6) is 0 Å². The first-order valence-electron chi connectivity index (χ1n) is 7.45. The normalized spacial score (nSPS) is 18.9. The van der Waals surface area contributed by atoms with Crippen molar-refractivity contribution in [3.63, 3.8) is 0 Å². The number of amides is 1. The summed E-state index contributed by atoms with van der Waals surface area (Å²) in [6, 6.07) is 6.22. The Morgan fingerprint density at radius 3 is 2.57 bits per heavy atom. The first kappa shape index (κ1) is 15.7. The lowest BCUT2D eigenvalue weighted by atomic mass is 9.86. The average Bonchev–Trinajstić information content (AvgIpc) is 2.49. The molecule has 1 aliphatic rings. The minimum Gasteiger partial charge on any atom is -0.308 e. The Labute approximate surface area is 127 Å². The maximum Gasteiger partial charge on any atom is 0.266 e. The van der Waals surface area contributed by atoms with E-state index in [-0.39, 0.29) is 11.3 Å². The summed E-state index contributed by atoms with van der Waals surface area (Å²) in [6.07, 6.45) is 0.902. The Kier molecular flexibility index (Phi) is 4.19. The fourth-order valence-corrected chi connectivity index (χ4v) is 2.41. The van der Waals surface area contributed by atoms with Crippen LogP contribution in [0.2, 0.25) is 0 Å². The topological polar surface area (TPSA) is 58.7 Å². The molecule has 0 radical (unpaired) electrons. The summed E-state index contributed by atoms with van der Waals surface area (Å²) in [4.78, 5) is 18.4. The number of nitrogens with two attached hydrogens (primary N) is 1. The average molecular weight is 287 g/mol. The second kappa shape index (κ2) is 5.60. The smallest absolute Gasteiger partial charge is 0.266 e. The minimum atomic E-state index is -0.811. The van der Waals surface area contributed by atoms with Gasteiger partial charge in [-0.25, -0.2) is 0 Å². The highest BCUT2D eigenvalue weighted by Gasteiger charge is 2.28. The molecule has 0 aliphatic carbocycles. The van der Waals surface area contributed by atoms with Crippen molar-refractivity contribution in [2.24, 2.45) is 16.6 Å². The van der Waals surface area contributed by atoms with Gasteiger partial charge in [-0.1, -0.05) is 46.8 Å². The summed E-state index contributed by atoms with van der Waals surface area (Å²) in [6.45, 7) is 11.3. The number of nitrogens with zero attached hydrogens (tertiary/aromatic N) is 2. The standard InChI is InChI=1S/C17H25N3O/c1-11(2)10-20-14-8-13(17(3,4)5)7-6-12(14)9-19-15(18)16(20)21/h6-9,11,15H,10,18H2,1-5H3. The molecule has 0 bridgehead atoms. The molecule has 0 spiro atoms. The van der Waals surface area contributed by atoms with Gasteiger partial charge in [-0.05, 0) is 23.0 Å². The highest BCUT2D eigenvalue weighted by Crippen LogP contribution is 2.30. The third-order valence-corrected chi connectivity index (χ3v) is 3.63. The molecule has 4 nitrogen and oxygen atoms in total. The summed E-state index contributed by atoms with van der Waals surface area (Å²) < 4.78 is 0. The first-order valence-corrected chi connectivity index (χ1v) is 7.45. The third kappa shape index (κ3) is 3.32. The number of fused-ring (bicyclic) bond motifs is 1. The van der Waals surface area contributed by atoms with Crippen LogP contribution in [0.25, 0.3) is 0 Å². The molecule has 0 aromatic heterocycles. The van der Waals surface area contributed by atoms with E-state index in [0.717, 1.165) is 11.3 Å². The van der Waals surface area contributed by atoms with Crippen molar-refractivity contribution >= 4 is 17.8 Å². The van der Waals surface area contributed by atoms with Crippen molar-refractivity contribution in [1.29, 1.82) is 0 Å². The van der Waals surface area contributed by atoms with Gasteiger partial charge in [0.2, 0.25) is 0 Å². The number of aliphatic imine (C=N–C) groups is 1. The van der Waals surface area contributed by atoms with Crippen molar-refractivity contribution in [2.75, 3.05) is 11.4 Å². The predicted molar refractivity (Wildman–Crippen MR) is 87.9 cm³/mol. The molecule has 1 aliphatic heterocycles. The van der Waals surface area contributed by atoms with E-state index in [1.165, 1.54) is 5.56 Å². The predicted octanol–water partition coefficient (Wildman–Crippen LogP) is 2.69. The monoisotopic (exact) mass is 287 g/mol. The van der Waals surface area contributed by atoms with Crippen LogP contribution >= 0.6 is 0 Å². The summed E-state index contributed by atoms with van der Waals surface area (Å²) in [5, 5.41) is 0. The van der Waals surface area contributed by atoms with Gasteiger partial charge < -0.3 is 10.6 Å². The van der Waals surface area contributed by atoms with Crippen molar-refractivity contribution in [2.45, 2.75) is 46.2 Å². The Bertz CT molecular complexity index is 570. The lowest BCUT2D eigenvalue weighted by Gasteiger charge is -2.28. The van der Waals surface area contributed by atoms with Crippen LogP contribution < -0.4 is 10.6 Å². The molecule has 1 aromatic rings. The molecule has 114 valence electrons. The Morgan fingerprint density at radius 1 is 1.33 bits per heavy atom. The SMILES string of the molecule is CC(C)CN1C(=O)C(N)N=Cc2ccc(C(C)(C)C)cc21. The van der Waals surface area contributed by atoms with E-state index >= 15 is 0 Å². The van der Waals surface area contributed by atoms with Crippen LogP contribution in [0.1, 0.15) is 45.7 Å². The van der Waals surface area contributed by atoms with E-state index in [1.54, 1.807) is 11.1 Å². The van der Waals surface area contributed by atoms with E-state index < -0.39 is 6.17 Å². The van der Waals surface area contributed by atoms with Gasteiger partial charge in [0, 0.05) is 18.3 Å². The van der Waals surface area contributed by atoms with E-state index in [1.807, 2.05) is 6.07 Å². The molecule has 1 atom stereocenters.